The van der Waals surface area contributed by atoms with Gasteiger partial charge in [0.2, 0.25) is 0 Å². The molecule has 1 aromatic heterocycles. The third-order valence-electron chi connectivity index (χ3n) is 3.60. The number of benzene rings is 1. The molecule has 3 rings (SSSR count). The molecule has 0 bridgehead atoms. The van der Waals surface area contributed by atoms with Crippen molar-refractivity contribution in [3.63, 3.8) is 0 Å². The molecular formula is C18H16FN5O2. The number of hydrogen-bond acceptors (Lipinski definition) is 7. The summed E-state index contributed by atoms with van der Waals surface area (Å²) in [5, 5.41) is 3.95. The highest BCUT2D eigenvalue weighted by Gasteiger charge is 2.18. The first kappa shape index (κ1) is 17.4. The van der Waals surface area contributed by atoms with Gasteiger partial charge < -0.3 is 4.74 Å². The second-order valence-corrected chi connectivity index (χ2v) is 5.40. The first-order valence-electron chi connectivity index (χ1n) is 7.80. The van der Waals surface area contributed by atoms with E-state index in [2.05, 4.69) is 30.2 Å². The number of fused-ring (bicyclic) bond motifs is 1. The number of aliphatic imine (C=N–C) groups is 2. The Balaban J connectivity index is 1.99. The zero-order valence-corrected chi connectivity index (χ0v) is 14.2. The number of nitrogens with zero attached hydrogens (tertiary/aromatic N) is 4. The number of aromatic nitrogens is 1. The van der Waals surface area contributed by atoms with Crippen molar-refractivity contribution >= 4 is 28.9 Å². The van der Waals surface area contributed by atoms with E-state index in [1.165, 1.54) is 26.2 Å². The van der Waals surface area contributed by atoms with Crippen molar-refractivity contribution in [2.45, 2.75) is 6.92 Å². The summed E-state index contributed by atoms with van der Waals surface area (Å²) in [4.78, 5) is 24.7. The zero-order valence-electron chi connectivity index (χ0n) is 14.2. The minimum Gasteiger partial charge on any atom is -0.464 e. The van der Waals surface area contributed by atoms with Crippen LogP contribution in [-0.4, -0.2) is 41.9 Å². The molecule has 0 saturated carbocycles. The Labute approximate surface area is 149 Å². The molecular weight excluding hydrogens is 337 g/mol. The molecule has 7 nitrogen and oxygen atoms in total. The van der Waals surface area contributed by atoms with Crippen LogP contribution in [0.2, 0.25) is 0 Å². The van der Waals surface area contributed by atoms with E-state index >= 15 is 0 Å². The molecule has 0 saturated heterocycles. The maximum absolute atomic E-state index is 13.8. The molecule has 1 aliphatic rings. The van der Waals surface area contributed by atoms with Gasteiger partial charge in [-0.3, -0.25) is 15.4 Å². The Bertz CT molecular complexity index is 922. The Morgan fingerprint density at radius 3 is 2.88 bits per heavy atom. The van der Waals surface area contributed by atoms with Crippen LogP contribution in [0.5, 0.6) is 0 Å². The van der Waals surface area contributed by atoms with Crippen LogP contribution in [0, 0.1) is 5.82 Å². The molecule has 1 aliphatic heterocycles. The summed E-state index contributed by atoms with van der Waals surface area (Å²) >= 11 is 0. The number of halogens is 1. The summed E-state index contributed by atoms with van der Waals surface area (Å²) in [6.45, 7) is 1.68. The standard InChI is InChI=1S/C18H16FN5O2/c1-11(18(25)26-2)23-24-16-10-21-17(15-5-3-4-8-20-15)13-9-12(19)6-7-14(13)22-16/h3-9H,10H2,1-2H3,(H,22,24). The van der Waals surface area contributed by atoms with Crippen molar-refractivity contribution in [3.05, 3.63) is 59.7 Å². The summed E-state index contributed by atoms with van der Waals surface area (Å²) in [6.07, 6.45) is 1.64. The van der Waals surface area contributed by atoms with E-state index in [4.69, 9.17) is 0 Å². The van der Waals surface area contributed by atoms with Gasteiger partial charge >= 0.3 is 5.97 Å². The van der Waals surface area contributed by atoms with E-state index in [9.17, 15) is 9.18 Å². The van der Waals surface area contributed by atoms with Gasteiger partial charge in [0.1, 0.15) is 17.4 Å². The number of nitrogens with one attached hydrogen (secondary N) is 1. The molecule has 1 aromatic carbocycles. The van der Waals surface area contributed by atoms with Gasteiger partial charge in [0.15, 0.2) is 0 Å². The number of carbonyl (C=O) groups excluding carboxylic acids is 1. The Morgan fingerprint density at radius 2 is 2.15 bits per heavy atom. The number of amidine groups is 1. The van der Waals surface area contributed by atoms with Gasteiger partial charge in [-0.2, -0.15) is 5.10 Å². The number of methoxy groups -OCH3 is 1. The van der Waals surface area contributed by atoms with Gasteiger partial charge in [0.25, 0.3) is 0 Å². The number of carbonyl (C=O) groups is 1. The molecule has 0 spiro atoms. The molecule has 0 unspecified atom stereocenters. The Morgan fingerprint density at radius 1 is 1.31 bits per heavy atom. The lowest BCUT2D eigenvalue weighted by molar-refractivity contribution is -0.132. The number of hydrazone groups is 1. The first-order chi connectivity index (χ1) is 12.6. The molecule has 132 valence electrons. The first-order valence-corrected chi connectivity index (χ1v) is 7.80. The predicted molar refractivity (Wildman–Crippen MR) is 96.5 cm³/mol. The average molecular weight is 353 g/mol. The number of hydrogen-bond donors (Lipinski definition) is 1. The van der Waals surface area contributed by atoms with Crippen molar-refractivity contribution < 1.29 is 13.9 Å². The molecule has 1 N–H and O–H groups in total. The second kappa shape index (κ2) is 7.64. The van der Waals surface area contributed by atoms with Crippen LogP contribution in [-0.2, 0) is 9.53 Å². The fourth-order valence-corrected chi connectivity index (χ4v) is 2.34. The van der Waals surface area contributed by atoms with Crippen molar-refractivity contribution in [1.82, 2.24) is 10.4 Å². The Hall–Kier alpha value is -3.42. The largest absolute Gasteiger partial charge is 0.464 e. The highest BCUT2D eigenvalue weighted by molar-refractivity contribution is 6.35. The number of pyridine rings is 1. The fraction of sp³-hybridized carbons (Fsp3) is 0.167. The van der Waals surface area contributed by atoms with Crippen molar-refractivity contribution in [3.8, 4) is 0 Å². The number of rotatable bonds is 3. The van der Waals surface area contributed by atoms with Crippen LogP contribution in [0.4, 0.5) is 10.1 Å². The molecule has 8 heteroatoms. The molecule has 26 heavy (non-hydrogen) atoms. The minimum absolute atomic E-state index is 0.146. The summed E-state index contributed by atoms with van der Waals surface area (Å²) < 4.78 is 18.4. The van der Waals surface area contributed by atoms with Crippen molar-refractivity contribution in [1.29, 1.82) is 0 Å². The van der Waals surface area contributed by atoms with Crippen molar-refractivity contribution in [2.75, 3.05) is 13.7 Å². The quantitative estimate of drug-likeness (QED) is 0.521. The summed E-state index contributed by atoms with van der Waals surface area (Å²) in [6, 6.07) is 9.68. The molecule has 2 heterocycles. The normalized spacial score (nSPS) is 13.9. The average Bonchev–Trinajstić information content (AvgIpc) is 2.85. The van der Waals surface area contributed by atoms with Gasteiger partial charge in [-0.15, -0.1) is 0 Å². The topological polar surface area (TPSA) is 88.3 Å². The van der Waals surface area contributed by atoms with Crippen molar-refractivity contribution in [2.24, 2.45) is 15.1 Å². The third-order valence-corrected chi connectivity index (χ3v) is 3.60. The number of esters is 1. The highest BCUT2D eigenvalue weighted by atomic mass is 19.1. The summed E-state index contributed by atoms with van der Waals surface area (Å²) in [5.41, 5.74) is 5.08. The van der Waals surface area contributed by atoms with Gasteiger partial charge in [0, 0.05) is 11.8 Å². The summed E-state index contributed by atoms with van der Waals surface area (Å²) in [5.74, 6) is -0.530. The lowest BCUT2D eigenvalue weighted by atomic mass is 10.0. The van der Waals surface area contributed by atoms with Crippen LogP contribution in [0.25, 0.3) is 0 Å². The maximum Gasteiger partial charge on any atom is 0.353 e. The molecule has 0 radical (unpaired) electrons. The highest BCUT2D eigenvalue weighted by Crippen LogP contribution is 2.25. The van der Waals surface area contributed by atoms with Crippen LogP contribution in [0.15, 0.2) is 57.7 Å². The van der Waals surface area contributed by atoms with Crippen LogP contribution in [0.3, 0.4) is 0 Å². The van der Waals surface area contributed by atoms with Crippen LogP contribution < -0.4 is 5.43 Å². The lowest BCUT2D eigenvalue weighted by Crippen LogP contribution is -2.24. The molecule has 2 aromatic rings. The second-order valence-electron chi connectivity index (χ2n) is 5.40. The van der Waals surface area contributed by atoms with E-state index in [0.29, 0.717) is 28.5 Å². The molecule has 0 atom stereocenters. The predicted octanol–water partition coefficient (Wildman–Crippen LogP) is 2.24. The van der Waals surface area contributed by atoms with E-state index < -0.39 is 11.8 Å². The minimum atomic E-state index is -0.549. The van der Waals surface area contributed by atoms with Crippen LogP contribution in [0.1, 0.15) is 18.2 Å². The lowest BCUT2D eigenvalue weighted by Gasteiger charge is -2.07. The monoisotopic (exact) mass is 353 g/mol. The van der Waals surface area contributed by atoms with E-state index in [1.807, 2.05) is 6.07 Å². The smallest absolute Gasteiger partial charge is 0.353 e. The number of ether oxygens (including phenoxy) is 1. The van der Waals surface area contributed by atoms with Crippen LogP contribution >= 0.6 is 0 Å². The van der Waals surface area contributed by atoms with Gasteiger partial charge in [-0.05, 0) is 37.3 Å². The molecule has 0 amide bonds. The SMILES string of the molecule is COC(=O)C(C)=NNC1=Nc2ccc(F)cc2C(c2ccccn2)=NC1. The fourth-order valence-electron chi connectivity index (χ4n) is 2.34. The van der Waals surface area contributed by atoms with E-state index in [1.54, 1.807) is 24.4 Å². The summed E-state index contributed by atoms with van der Waals surface area (Å²) in [7, 11) is 1.28. The maximum atomic E-state index is 13.8. The molecule has 0 aliphatic carbocycles. The molecule has 0 fully saturated rings. The van der Waals surface area contributed by atoms with E-state index in [0.717, 1.165) is 0 Å². The van der Waals surface area contributed by atoms with Gasteiger partial charge in [0.05, 0.1) is 30.7 Å². The van der Waals surface area contributed by atoms with Gasteiger partial charge in [-0.25, -0.2) is 14.2 Å². The third kappa shape index (κ3) is 3.80. The van der Waals surface area contributed by atoms with Gasteiger partial charge in [-0.1, -0.05) is 6.07 Å². The van der Waals surface area contributed by atoms with E-state index in [-0.39, 0.29) is 12.3 Å². The zero-order chi connectivity index (χ0) is 18.5. The Kier molecular flexibility index (Phi) is 5.12.